The lowest BCUT2D eigenvalue weighted by atomic mass is 10.1. The Bertz CT molecular complexity index is 474. The molecule has 0 atom stereocenters. The van der Waals surface area contributed by atoms with Gasteiger partial charge in [0.25, 0.3) is 0 Å². The zero-order chi connectivity index (χ0) is 10.8. The summed E-state index contributed by atoms with van der Waals surface area (Å²) < 4.78 is 7.52. The van der Waals surface area contributed by atoms with Crippen molar-refractivity contribution >= 4 is 10.9 Å². The van der Waals surface area contributed by atoms with Crippen LogP contribution < -0.4 is 10.1 Å². The van der Waals surface area contributed by atoms with Gasteiger partial charge in [-0.1, -0.05) is 6.07 Å². The van der Waals surface area contributed by atoms with E-state index < -0.39 is 0 Å². The van der Waals surface area contributed by atoms with Crippen LogP contribution in [0.5, 0.6) is 5.75 Å². The molecule has 0 radical (unpaired) electrons. The van der Waals surface area contributed by atoms with Crippen LogP contribution in [0.15, 0.2) is 24.4 Å². The first-order chi connectivity index (χ1) is 7.27. The Kier molecular flexibility index (Phi) is 2.64. The molecule has 0 bridgehead atoms. The highest BCUT2D eigenvalue weighted by molar-refractivity contribution is 5.89. The summed E-state index contributed by atoms with van der Waals surface area (Å²) in [6, 6.07) is 6.13. The number of ether oxygens (including phenoxy) is 1. The van der Waals surface area contributed by atoms with Crippen molar-refractivity contribution in [2.24, 2.45) is 7.05 Å². The lowest BCUT2D eigenvalue weighted by Gasteiger charge is -2.04. The summed E-state index contributed by atoms with van der Waals surface area (Å²) in [5.74, 6) is 0.943. The van der Waals surface area contributed by atoms with Gasteiger partial charge in [0.2, 0.25) is 0 Å². The number of aromatic nitrogens is 1. The monoisotopic (exact) mass is 204 g/mol. The molecular formula is C12H16N2O. The first-order valence-corrected chi connectivity index (χ1v) is 5.03. The lowest BCUT2D eigenvalue weighted by Crippen LogP contribution is -2.04. The Balaban J connectivity index is 2.70. The van der Waals surface area contributed by atoms with Crippen LogP contribution in [0.3, 0.4) is 0 Å². The molecule has 1 N–H and O–H groups in total. The molecular weight excluding hydrogens is 188 g/mol. The molecule has 3 heteroatoms. The molecule has 0 saturated heterocycles. The number of rotatable bonds is 3. The number of fused-ring (bicyclic) bond motifs is 1. The van der Waals surface area contributed by atoms with Crippen LogP contribution in [0.25, 0.3) is 10.9 Å². The molecule has 0 aliphatic carbocycles. The summed E-state index contributed by atoms with van der Waals surface area (Å²) in [6.07, 6.45) is 2.14. The number of methoxy groups -OCH3 is 1. The van der Waals surface area contributed by atoms with Crippen molar-refractivity contribution in [1.29, 1.82) is 0 Å². The highest BCUT2D eigenvalue weighted by Crippen LogP contribution is 2.29. The van der Waals surface area contributed by atoms with Crippen LogP contribution in [-0.4, -0.2) is 18.7 Å². The molecule has 0 aliphatic rings. The van der Waals surface area contributed by atoms with Crippen molar-refractivity contribution in [3.05, 3.63) is 30.0 Å². The van der Waals surface area contributed by atoms with E-state index in [-0.39, 0.29) is 0 Å². The maximum Gasteiger partial charge on any atom is 0.128 e. The smallest absolute Gasteiger partial charge is 0.128 e. The molecule has 15 heavy (non-hydrogen) atoms. The SMILES string of the molecule is CNCc1cn(C)c2cccc(OC)c12. The minimum atomic E-state index is 0.859. The Labute approximate surface area is 89.7 Å². The van der Waals surface area contributed by atoms with Gasteiger partial charge in [-0.05, 0) is 24.7 Å². The quantitative estimate of drug-likeness (QED) is 0.826. The maximum absolute atomic E-state index is 5.39. The minimum absolute atomic E-state index is 0.859. The molecule has 1 heterocycles. The van der Waals surface area contributed by atoms with E-state index >= 15 is 0 Å². The second-order valence-corrected chi connectivity index (χ2v) is 3.65. The van der Waals surface area contributed by atoms with E-state index in [0.29, 0.717) is 0 Å². The number of hydrogen-bond acceptors (Lipinski definition) is 2. The van der Waals surface area contributed by atoms with Crippen molar-refractivity contribution in [1.82, 2.24) is 9.88 Å². The summed E-state index contributed by atoms with van der Waals surface area (Å²) in [4.78, 5) is 0. The van der Waals surface area contributed by atoms with E-state index in [0.717, 1.165) is 12.3 Å². The Morgan fingerprint density at radius 2 is 2.20 bits per heavy atom. The molecule has 1 aromatic carbocycles. The van der Waals surface area contributed by atoms with Gasteiger partial charge in [0.05, 0.1) is 12.6 Å². The second kappa shape index (κ2) is 3.95. The summed E-state index contributed by atoms with van der Waals surface area (Å²) in [7, 11) is 5.72. The second-order valence-electron chi connectivity index (χ2n) is 3.65. The maximum atomic E-state index is 5.39. The van der Waals surface area contributed by atoms with Crippen LogP contribution in [0.4, 0.5) is 0 Å². The summed E-state index contributed by atoms with van der Waals surface area (Å²) in [5, 5.41) is 4.38. The lowest BCUT2D eigenvalue weighted by molar-refractivity contribution is 0.419. The normalized spacial score (nSPS) is 10.9. The third-order valence-corrected chi connectivity index (χ3v) is 2.64. The van der Waals surface area contributed by atoms with Gasteiger partial charge < -0.3 is 14.6 Å². The number of nitrogens with one attached hydrogen (secondary N) is 1. The largest absolute Gasteiger partial charge is 0.496 e. The average molecular weight is 204 g/mol. The molecule has 1 aromatic heterocycles. The van der Waals surface area contributed by atoms with Gasteiger partial charge in [-0.2, -0.15) is 0 Å². The van der Waals surface area contributed by atoms with E-state index in [1.165, 1.54) is 16.5 Å². The van der Waals surface area contributed by atoms with Crippen molar-refractivity contribution in [3.63, 3.8) is 0 Å². The van der Waals surface area contributed by atoms with Gasteiger partial charge in [-0.3, -0.25) is 0 Å². The topological polar surface area (TPSA) is 26.2 Å². The molecule has 0 amide bonds. The minimum Gasteiger partial charge on any atom is -0.496 e. The van der Waals surface area contributed by atoms with Crippen molar-refractivity contribution in [2.75, 3.05) is 14.2 Å². The number of nitrogens with zero attached hydrogens (tertiary/aromatic N) is 1. The highest BCUT2D eigenvalue weighted by Gasteiger charge is 2.09. The van der Waals surface area contributed by atoms with Gasteiger partial charge in [0.15, 0.2) is 0 Å². The number of benzene rings is 1. The summed E-state index contributed by atoms with van der Waals surface area (Å²) in [6.45, 7) is 0.859. The molecule has 3 nitrogen and oxygen atoms in total. The molecule has 0 saturated carbocycles. The first kappa shape index (κ1) is 10.1. The standard InChI is InChI=1S/C12H16N2O/c1-13-7-9-8-14(2)10-5-4-6-11(15-3)12(9)10/h4-6,8,13H,7H2,1-3H3. The molecule has 80 valence electrons. The Morgan fingerprint density at radius 3 is 2.87 bits per heavy atom. The van der Waals surface area contributed by atoms with Crippen LogP contribution in [0.2, 0.25) is 0 Å². The van der Waals surface area contributed by atoms with Gasteiger partial charge >= 0.3 is 0 Å². The van der Waals surface area contributed by atoms with Crippen molar-refractivity contribution in [3.8, 4) is 5.75 Å². The fourth-order valence-corrected chi connectivity index (χ4v) is 2.00. The first-order valence-electron chi connectivity index (χ1n) is 5.03. The predicted octanol–water partition coefficient (Wildman–Crippen LogP) is 1.91. The molecule has 0 spiro atoms. The number of hydrogen-bond donors (Lipinski definition) is 1. The van der Waals surface area contributed by atoms with Crippen molar-refractivity contribution < 1.29 is 4.74 Å². The predicted molar refractivity (Wildman–Crippen MR) is 62.2 cm³/mol. The van der Waals surface area contributed by atoms with E-state index in [2.05, 4.69) is 29.2 Å². The molecule has 0 unspecified atom stereocenters. The third-order valence-electron chi connectivity index (χ3n) is 2.64. The summed E-state index contributed by atoms with van der Waals surface area (Å²) in [5.41, 5.74) is 2.48. The number of aryl methyl sites for hydroxylation is 1. The summed E-state index contributed by atoms with van der Waals surface area (Å²) >= 11 is 0. The van der Waals surface area contributed by atoms with Gasteiger partial charge in [0.1, 0.15) is 5.75 Å². The third kappa shape index (κ3) is 1.59. The highest BCUT2D eigenvalue weighted by atomic mass is 16.5. The zero-order valence-electron chi connectivity index (χ0n) is 9.37. The van der Waals surface area contributed by atoms with Gasteiger partial charge in [-0.25, -0.2) is 0 Å². The van der Waals surface area contributed by atoms with Crippen LogP contribution in [0, 0.1) is 0 Å². The van der Waals surface area contributed by atoms with Crippen LogP contribution >= 0.6 is 0 Å². The van der Waals surface area contributed by atoms with E-state index in [4.69, 9.17) is 4.74 Å². The van der Waals surface area contributed by atoms with Crippen LogP contribution in [0.1, 0.15) is 5.56 Å². The Morgan fingerprint density at radius 1 is 1.40 bits per heavy atom. The molecule has 2 aromatic rings. The van der Waals surface area contributed by atoms with Gasteiger partial charge in [0, 0.05) is 25.2 Å². The molecule has 0 aliphatic heterocycles. The zero-order valence-corrected chi connectivity index (χ0v) is 9.37. The molecule has 0 fully saturated rings. The van der Waals surface area contributed by atoms with E-state index in [1.807, 2.05) is 19.2 Å². The van der Waals surface area contributed by atoms with E-state index in [1.54, 1.807) is 7.11 Å². The van der Waals surface area contributed by atoms with Gasteiger partial charge in [-0.15, -0.1) is 0 Å². The Hall–Kier alpha value is -1.48. The average Bonchev–Trinajstić information content (AvgIpc) is 2.57. The fourth-order valence-electron chi connectivity index (χ4n) is 2.00. The fraction of sp³-hybridized carbons (Fsp3) is 0.333. The molecule has 2 rings (SSSR count). The van der Waals surface area contributed by atoms with Crippen LogP contribution in [-0.2, 0) is 13.6 Å². The van der Waals surface area contributed by atoms with Crippen molar-refractivity contribution in [2.45, 2.75) is 6.54 Å². The van der Waals surface area contributed by atoms with E-state index in [9.17, 15) is 0 Å².